The van der Waals surface area contributed by atoms with Crippen molar-refractivity contribution in [3.05, 3.63) is 81.9 Å². The highest BCUT2D eigenvalue weighted by Crippen LogP contribution is 2.21. The Labute approximate surface area is 154 Å². The zero-order valence-corrected chi connectivity index (χ0v) is 15.6. The number of hydrogen-bond donors (Lipinski definition) is 0. The second-order valence-corrected chi connectivity index (χ2v) is 8.69. The molecule has 0 spiro atoms. The van der Waals surface area contributed by atoms with E-state index >= 15 is 0 Å². The number of likely N-dealkylation sites (tertiary alicyclic amines) is 1. The van der Waals surface area contributed by atoms with Crippen molar-refractivity contribution in [2.24, 2.45) is 0 Å². The molecule has 5 heteroatoms. The van der Waals surface area contributed by atoms with E-state index in [1.807, 2.05) is 30.3 Å². The zero-order chi connectivity index (χ0) is 17.7. The summed E-state index contributed by atoms with van der Waals surface area (Å²) in [6, 6.07) is 17.0. The summed E-state index contributed by atoms with van der Waals surface area (Å²) in [6.45, 7) is 1.85. The van der Waals surface area contributed by atoms with Crippen molar-refractivity contribution in [2.75, 3.05) is 13.1 Å². The maximum atomic E-state index is 12.7. The molecule has 1 saturated heterocycles. The molecule has 1 aliphatic heterocycles. The van der Waals surface area contributed by atoms with Gasteiger partial charge in [0, 0.05) is 30.2 Å². The van der Waals surface area contributed by atoms with Gasteiger partial charge in [-0.05, 0) is 36.1 Å². The average molecular weight is 376 g/mol. The van der Waals surface area contributed by atoms with Crippen molar-refractivity contribution in [1.29, 1.82) is 0 Å². The Balaban J connectivity index is 1.83. The van der Waals surface area contributed by atoms with Crippen LogP contribution in [0.5, 0.6) is 0 Å². The van der Waals surface area contributed by atoms with Gasteiger partial charge in [0.05, 0.1) is 11.2 Å². The highest BCUT2D eigenvalue weighted by atomic mass is 35.5. The molecule has 0 saturated carbocycles. The van der Waals surface area contributed by atoms with Gasteiger partial charge in [-0.2, -0.15) is 0 Å². The normalized spacial score (nSPS) is 15.6. The molecule has 0 amide bonds. The molecule has 0 unspecified atom stereocenters. The minimum Gasteiger partial charge on any atom is -0.374 e. The van der Waals surface area contributed by atoms with Crippen LogP contribution < -0.4 is 0 Å². The van der Waals surface area contributed by atoms with Gasteiger partial charge in [-0.25, -0.2) is 8.42 Å². The van der Waals surface area contributed by atoms with E-state index < -0.39 is 9.84 Å². The summed E-state index contributed by atoms with van der Waals surface area (Å²) in [6.07, 6.45) is 2.87. The van der Waals surface area contributed by atoms with Crippen LogP contribution in [-0.4, -0.2) is 26.4 Å². The van der Waals surface area contributed by atoms with Crippen molar-refractivity contribution in [3.63, 3.8) is 0 Å². The van der Waals surface area contributed by atoms with Crippen molar-refractivity contribution >= 4 is 21.4 Å². The predicted octanol–water partition coefficient (Wildman–Crippen LogP) is 4.43. The summed E-state index contributed by atoms with van der Waals surface area (Å²) in [5.41, 5.74) is 2.76. The summed E-state index contributed by atoms with van der Waals surface area (Å²) in [5, 5.41) is 2.08. The van der Waals surface area contributed by atoms with Crippen LogP contribution >= 0.6 is 11.6 Å². The highest BCUT2D eigenvalue weighted by molar-refractivity contribution is 7.93. The molecule has 0 aromatic heterocycles. The van der Waals surface area contributed by atoms with Gasteiger partial charge in [-0.15, -0.1) is 0 Å². The molecule has 0 aliphatic carbocycles. The van der Waals surface area contributed by atoms with E-state index in [4.69, 9.17) is 11.6 Å². The lowest BCUT2D eigenvalue weighted by atomic mass is 10.1. The predicted molar refractivity (Wildman–Crippen MR) is 103 cm³/mol. The molecule has 132 valence electrons. The van der Waals surface area contributed by atoms with Crippen molar-refractivity contribution < 1.29 is 8.42 Å². The minimum atomic E-state index is -3.35. The van der Waals surface area contributed by atoms with E-state index in [1.54, 1.807) is 24.3 Å². The topological polar surface area (TPSA) is 37.4 Å². The third-order valence-corrected chi connectivity index (χ3v) is 5.96. The third kappa shape index (κ3) is 5.35. The molecule has 2 aromatic carbocycles. The number of sulfone groups is 1. The highest BCUT2D eigenvalue weighted by Gasteiger charge is 2.19. The Bertz CT molecular complexity index is 824. The maximum Gasteiger partial charge on any atom is 0.177 e. The lowest BCUT2D eigenvalue weighted by Gasteiger charge is -2.22. The van der Waals surface area contributed by atoms with Crippen LogP contribution in [0, 0.1) is 0 Å². The van der Waals surface area contributed by atoms with E-state index in [0.29, 0.717) is 11.4 Å². The van der Waals surface area contributed by atoms with Crippen LogP contribution in [0.2, 0.25) is 5.02 Å². The molecule has 2 aromatic rings. The van der Waals surface area contributed by atoms with Crippen molar-refractivity contribution in [1.82, 2.24) is 4.90 Å². The fourth-order valence-electron chi connectivity index (χ4n) is 3.10. The zero-order valence-electron chi connectivity index (χ0n) is 14.1. The van der Waals surface area contributed by atoms with Gasteiger partial charge in [0.1, 0.15) is 0 Å². The Morgan fingerprint density at radius 3 is 2.24 bits per heavy atom. The molecule has 3 nitrogen and oxygen atoms in total. The molecule has 3 rings (SSSR count). The molecular formula is C20H22ClNO2S. The fraction of sp³-hybridized carbons (Fsp3) is 0.300. The van der Waals surface area contributed by atoms with E-state index in [2.05, 4.69) is 4.90 Å². The Kier molecular flexibility index (Phi) is 5.82. The van der Waals surface area contributed by atoms with Crippen LogP contribution in [0.15, 0.2) is 65.7 Å². The van der Waals surface area contributed by atoms with Crippen LogP contribution in [0.1, 0.15) is 24.0 Å². The smallest absolute Gasteiger partial charge is 0.177 e. The quantitative estimate of drug-likeness (QED) is 0.749. The van der Waals surface area contributed by atoms with E-state index in [1.165, 1.54) is 5.41 Å². The van der Waals surface area contributed by atoms with Crippen LogP contribution in [0.3, 0.4) is 0 Å². The second-order valence-electron chi connectivity index (χ2n) is 6.40. The molecule has 0 bridgehead atoms. The minimum absolute atomic E-state index is 0.00367. The first-order valence-corrected chi connectivity index (χ1v) is 10.6. The van der Waals surface area contributed by atoms with Gasteiger partial charge in [0.2, 0.25) is 0 Å². The molecule has 0 radical (unpaired) electrons. The SMILES string of the molecule is O=S(=O)(/C=C(/Cc1ccccc1)N1CCCC1)Cc1ccc(Cl)cc1. The molecule has 25 heavy (non-hydrogen) atoms. The summed E-state index contributed by atoms with van der Waals surface area (Å²) < 4.78 is 25.4. The maximum absolute atomic E-state index is 12.7. The van der Waals surface area contributed by atoms with Crippen molar-refractivity contribution in [3.8, 4) is 0 Å². The van der Waals surface area contributed by atoms with Gasteiger partial charge in [0.25, 0.3) is 0 Å². The number of benzene rings is 2. The summed E-state index contributed by atoms with van der Waals surface area (Å²) >= 11 is 5.88. The standard InChI is InChI=1S/C20H22ClNO2S/c21-19-10-8-18(9-11-19)15-25(23,24)16-20(22-12-4-5-13-22)14-17-6-2-1-3-7-17/h1-3,6-11,16H,4-5,12-15H2/b20-16-. The van der Waals surface area contributed by atoms with Crippen LogP contribution in [0.4, 0.5) is 0 Å². The fourth-order valence-corrected chi connectivity index (χ4v) is 4.61. The summed E-state index contributed by atoms with van der Waals surface area (Å²) in [5.74, 6) is -0.00367. The molecule has 0 N–H and O–H groups in total. The Morgan fingerprint density at radius 2 is 1.60 bits per heavy atom. The summed E-state index contributed by atoms with van der Waals surface area (Å²) in [4.78, 5) is 2.20. The Morgan fingerprint density at radius 1 is 0.960 bits per heavy atom. The molecule has 0 atom stereocenters. The number of rotatable bonds is 6. The average Bonchev–Trinajstić information content (AvgIpc) is 3.11. The third-order valence-electron chi connectivity index (χ3n) is 4.34. The van der Waals surface area contributed by atoms with Crippen LogP contribution in [0.25, 0.3) is 0 Å². The van der Waals surface area contributed by atoms with E-state index in [9.17, 15) is 8.42 Å². The first kappa shape index (κ1) is 18.0. The van der Waals surface area contributed by atoms with Gasteiger partial charge in [0.15, 0.2) is 9.84 Å². The molecule has 1 aliphatic rings. The lowest BCUT2D eigenvalue weighted by molar-refractivity contribution is 0.417. The number of nitrogens with zero attached hydrogens (tertiary/aromatic N) is 1. The molecular weight excluding hydrogens is 354 g/mol. The molecule has 1 fully saturated rings. The first-order valence-electron chi connectivity index (χ1n) is 8.48. The Hall–Kier alpha value is -1.78. The lowest BCUT2D eigenvalue weighted by Crippen LogP contribution is -2.21. The van der Waals surface area contributed by atoms with Gasteiger partial charge in [-0.1, -0.05) is 54.1 Å². The van der Waals surface area contributed by atoms with Gasteiger partial charge >= 0.3 is 0 Å². The first-order chi connectivity index (χ1) is 12.0. The number of allylic oxidation sites excluding steroid dienone is 1. The van der Waals surface area contributed by atoms with E-state index in [0.717, 1.165) is 42.8 Å². The second kappa shape index (κ2) is 8.07. The summed E-state index contributed by atoms with van der Waals surface area (Å²) in [7, 11) is -3.35. The largest absolute Gasteiger partial charge is 0.374 e. The van der Waals surface area contributed by atoms with Crippen LogP contribution in [-0.2, 0) is 22.0 Å². The van der Waals surface area contributed by atoms with Gasteiger partial charge < -0.3 is 4.90 Å². The monoisotopic (exact) mass is 375 g/mol. The van der Waals surface area contributed by atoms with Crippen molar-refractivity contribution in [2.45, 2.75) is 25.0 Å². The molecule has 1 heterocycles. The number of halogens is 1. The van der Waals surface area contributed by atoms with Gasteiger partial charge in [-0.3, -0.25) is 0 Å². The number of hydrogen-bond acceptors (Lipinski definition) is 3. The van der Waals surface area contributed by atoms with E-state index in [-0.39, 0.29) is 5.75 Å².